The average molecular weight is 286 g/mol. The topological polar surface area (TPSA) is 38.9 Å². The van der Waals surface area contributed by atoms with E-state index in [2.05, 4.69) is 37.3 Å². The lowest BCUT2D eigenvalue weighted by Crippen LogP contribution is -2.33. The van der Waals surface area contributed by atoms with Crippen molar-refractivity contribution < 1.29 is 0 Å². The van der Waals surface area contributed by atoms with Gasteiger partial charge < -0.3 is 5.73 Å². The zero-order valence-corrected chi connectivity index (χ0v) is 12.9. The van der Waals surface area contributed by atoms with E-state index in [1.165, 1.54) is 35.4 Å². The Balaban J connectivity index is 1.72. The molecular weight excluding hydrogens is 264 g/mol. The molecule has 0 bridgehead atoms. The maximum Gasteiger partial charge on any atom is 0.113 e. The van der Waals surface area contributed by atoms with E-state index in [0.29, 0.717) is 0 Å². The number of hydrogen-bond acceptors (Lipinski definition) is 3. The smallest absolute Gasteiger partial charge is 0.113 e. The zero-order valence-electron chi connectivity index (χ0n) is 12.1. The van der Waals surface area contributed by atoms with Crippen molar-refractivity contribution in [3.8, 4) is 0 Å². The summed E-state index contributed by atoms with van der Waals surface area (Å²) in [6.45, 7) is 2.13. The molecule has 1 unspecified atom stereocenters. The molecule has 2 N–H and O–H groups in total. The second-order valence-corrected chi connectivity index (χ2v) is 7.08. The van der Waals surface area contributed by atoms with Gasteiger partial charge in [-0.05, 0) is 51.0 Å². The Kier molecular flexibility index (Phi) is 3.90. The van der Waals surface area contributed by atoms with E-state index in [9.17, 15) is 0 Å². The van der Waals surface area contributed by atoms with Gasteiger partial charge >= 0.3 is 0 Å². The van der Waals surface area contributed by atoms with Crippen molar-refractivity contribution in [2.75, 3.05) is 0 Å². The highest BCUT2D eigenvalue weighted by atomic mass is 32.1. The van der Waals surface area contributed by atoms with E-state index in [1.807, 2.05) is 11.3 Å². The Morgan fingerprint density at radius 2 is 1.95 bits per heavy atom. The fourth-order valence-corrected chi connectivity index (χ4v) is 3.99. The molecule has 0 aliphatic heterocycles. The fourth-order valence-electron chi connectivity index (χ4n) is 2.75. The molecule has 1 aromatic carbocycles. The third-order valence-electron chi connectivity index (χ3n) is 4.11. The van der Waals surface area contributed by atoms with Crippen molar-refractivity contribution in [1.29, 1.82) is 0 Å². The van der Waals surface area contributed by atoms with Crippen LogP contribution in [0, 0.1) is 0 Å². The molecule has 2 nitrogen and oxygen atoms in total. The van der Waals surface area contributed by atoms with Crippen LogP contribution in [-0.4, -0.2) is 4.98 Å². The second kappa shape index (κ2) is 5.66. The molecule has 0 fully saturated rings. The summed E-state index contributed by atoms with van der Waals surface area (Å²) >= 11 is 1.84. The van der Waals surface area contributed by atoms with E-state index in [1.54, 1.807) is 0 Å². The number of aromatic nitrogens is 1. The third kappa shape index (κ3) is 2.94. The van der Waals surface area contributed by atoms with Gasteiger partial charge in [-0.3, -0.25) is 0 Å². The van der Waals surface area contributed by atoms with Crippen molar-refractivity contribution >= 4 is 11.3 Å². The van der Waals surface area contributed by atoms with Gasteiger partial charge in [0.25, 0.3) is 0 Å². The molecule has 1 aliphatic carbocycles. The van der Waals surface area contributed by atoms with Gasteiger partial charge in [-0.15, -0.1) is 11.3 Å². The number of nitrogens with two attached hydrogens (primary N) is 1. The molecule has 0 saturated heterocycles. The van der Waals surface area contributed by atoms with Gasteiger partial charge in [-0.1, -0.05) is 30.3 Å². The number of fused-ring (bicyclic) bond motifs is 1. The number of rotatable bonds is 4. The Bertz CT molecular complexity index is 548. The summed E-state index contributed by atoms with van der Waals surface area (Å²) < 4.78 is 0. The largest absolute Gasteiger partial charge is 0.320 e. The quantitative estimate of drug-likeness (QED) is 0.927. The minimum absolute atomic E-state index is 0.308. The van der Waals surface area contributed by atoms with E-state index in [4.69, 9.17) is 10.7 Å². The van der Waals surface area contributed by atoms with Gasteiger partial charge in [0.1, 0.15) is 5.01 Å². The predicted molar refractivity (Wildman–Crippen MR) is 85.1 cm³/mol. The lowest BCUT2D eigenvalue weighted by atomic mass is 9.95. The molecule has 0 radical (unpaired) electrons. The maximum atomic E-state index is 6.55. The highest BCUT2D eigenvalue weighted by Gasteiger charge is 2.27. The maximum absolute atomic E-state index is 6.55. The molecule has 3 heteroatoms. The molecule has 1 heterocycles. The fraction of sp³-hybridized carbons (Fsp3) is 0.471. The first-order valence-corrected chi connectivity index (χ1v) is 8.29. The van der Waals surface area contributed by atoms with E-state index < -0.39 is 0 Å². The summed E-state index contributed by atoms with van der Waals surface area (Å²) in [7, 11) is 0. The van der Waals surface area contributed by atoms with Crippen molar-refractivity contribution in [2.45, 2.75) is 51.0 Å². The van der Waals surface area contributed by atoms with Crippen LogP contribution in [0.5, 0.6) is 0 Å². The molecule has 3 rings (SSSR count). The van der Waals surface area contributed by atoms with Crippen LogP contribution >= 0.6 is 11.3 Å². The molecule has 1 aromatic heterocycles. The molecule has 0 spiro atoms. The molecule has 106 valence electrons. The Morgan fingerprint density at radius 3 is 2.70 bits per heavy atom. The first-order chi connectivity index (χ1) is 9.65. The van der Waals surface area contributed by atoms with Crippen LogP contribution in [0.3, 0.4) is 0 Å². The first kappa shape index (κ1) is 13.8. The number of aryl methyl sites for hydroxylation is 3. The number of nitrogens with zero attached hydrogens (tertiary/aromatic N) is 1. The Morgan fingerprint density at radius 1 is 1.20 bits per heavy atom. The molecule has 0 amide bonds. The monoisotopic (exact) mass is 286 g/mol. The standard InChI is InChI=1S/C17H22N2S/c1-17(18,12-11-13-7-3-2-4-8-13)16-19-14-9-5-6-10-15(14)20-16/h2-4,7-8H,5-6,9-12,18H2,1H3. The van der Waals surface area contributed by atoms with Crippen LogP contribution < -0.4 is 5.73 Å². The van der Waals surface area contributed by atoms with E-state index in [-0.39, 0.29) is 5.54 Å². The highest BCUT2D eigenvalue weighted by molar-refractivity contribution is 7.11. The number of hydrogen-bond donors (Lipinski definition) is 1. The minimum Gasteiger partial charge on any atom is -0.320 e. The van der Waals surface area contributed by atoms with Gasteiger partial charge in [-0.2, -0.15) is 0 Å². The summed E-state index contributed by atoms with van der Waals surface area (Å²) in [5.41, 5.74) is 8.90. The number of thiazole rings is 1. The van der Waals surface area contributed by atoms with Gasteiger partial charge in [0.15, 0.2) is 0 Å². The van der Waals surface area contributed by atoms with Crippen molar-refractivity contribution in [3.63, 3.8) is 0 Å². The van der Waals surface area contributed by atoms with Gasteiger partial charge in [0, 0.05) is 4.88 Å². The Labute approximate surface area is 125 Å². The van der Waals surface area contributed by atoms with Crippen LogP contribution in [0.25, 0.3) is 0 Å². The lowest BCUT2D eigenvalue weighted by molar-refractivity contribution is 0.449. The average Bonchev–Trinajstić information content (AvgIpc) is 2.91. The summed E-state index contributed by atoms with van der Waals surface area (Å²) in [5, 5.41) is 1.13. The summed E-state index contributed by atoms with van der Waals surface area (Å²) in [5.74, 6) is 0. The minimum atomic E-state index is -0.308. The van der Waals surface area contributed by atoms with Gasteiger partial charge in [0.2, 0.25) is 0 Å². The molecule has 20 heavy (non-hydrogen) atoms. The van der Waals surface area contributed by atoms with Gasteiger partial charge in [-0.25, -0.2) is 4.98 Å². The highest BCUT2D eigenvalue weighted by Crippen LogP contribution is 2.33. The summed E-state index contributed by atoms with van der Waals surface area (Å²) in [6, 6.07) is 10.6. The van der Waals surface area contributed by atoms with Crippen molar-refractivity contribution in [1.82, 2.24) is 4.98 Å². The van der Waals surface area contributed by atoms with E-state index in [0.717, 1.165) is 24.3 Å². The van der Waals surface area contributed by atoms with Crippen LogP contribution in [0.15, 0.2) is 30.3 Å². The summed E-state index contributed by atoms with van der Waals surface area (Å²) in [6.07, 6.45) is 6.88. The van der Waals surface area contributed by atoms with E-state index >= 15 is 0 Å². The Hall–Kier alpha value is -1.19. The first-order valence-electron chi connectivity index (χ1n) is 7.47. The molecule has 1 aliphatic rings. The SMILES string of the molecule is CC(N)(CCc1ccccc1)c1nc2c(s1)CCCC2. The normalized spacial score (nSPS) is 17.5. The van der Waals surface area contributed by atoms with Crippen molar-refractivity contribution in [3.05, 3.63) is 51.5 Å². The molecule has 0 saturated carbocycles. The molecular formula is C17H22N2S. The zero-order chi connectivity index (χ0) is 14.0. The van der Waals surface area contributed by atoms with Crippen LogP contribution in [-0.2, 0) is 24.8 Å². The molecule has 1 atom stereocenters. The van der Waals surface area contributed by atoms with Crippen LogP contribution in [0.1, 0.15) is 47.3 Å². The molecule has 2 aromatic rings. The van der Waals surface area contributed by atoms with Crippen LogP contribution in [0.2, 0.25) is 0 Å². The third-order valence-corrected chi connectivity index (χ3v) is 5.55. The number of benzene rings is 1. The second-order valence-electron chi connectivity index (χ2n) is 6.00. The predicted octanol–water partition coefficient (Wildman–Crippen LogP) is 3.83. The van der Waals surface area contributed by atoms with Crippen LogP contribution in [0.4, 0.5) is 0 Å². The van der Waals surface area contributed by atoms with Crippen molar-refractivity contribution in [2.24, 2.45) is 5.73 Å². The van der Waals surface area contributed by atoms with Gasteiger partial charge in [0.05, 0.1) is 11.2 Å². The lowest BCUT2D eigenvalue weighted by Gasteiger charge is -2.22. The summed E-state index contributed by atoms with van der Waals surface area (Å²) in [4.78, 5) is 6.30.